The van der Waals surface area contributed by atoms with Gasteiger partial charge in [-0.15, -0.1) is 0 Å². The minimum atomic E-state index is 0.458. The molecule has 1 aliphatic rings. The lowest BCUT2D eigenvalue weighted by molar-refractivity contribution is 0.157. The third kappa shape index (κ3) is 4.16. The quantitative estimate of drug-likeness (QED) is 0.820. The zero-order valence-corrected chi connectivity index (χ0v) is 13.2. The van der Waals surface area contributed by atoms with Gasteiger partial charge in [0.05, 0.1) is 0 Å². The predicted octanol–water partition coefficient (Wildman–Crippen LogP) is 1.00. The Morgan fingerprint density at radius 1 is 1.30 bits per heavy atom. The van der Waals surface area contributed by atoms with Crippen LogP contribution in [0.2, 0.25) is 0 Å². The van der Waals surface area contributed by atoms with E-state index in [4.69, 9.17) is 18.0 Å². The maximum Gasteiger partial charge on any atom is 0.104 e. The van der Waals surface area contributed by atoms with Gasteiger partial charge in [-0.3, -0.25) is 4.90 Å². The van der Waals surface area contributed by atoms with Gasteiger partial charge in [-0.05, 0) is 19.2 Å². The van der Waals surface area contributed by atoms with Crippen molar-refractivity contribution < 1.29 is 0 Å². The van der Waals surface area contributed by atoms with E-state index in [1.54, 1.807) is 0 Å². The summed E-state index contributed by atoms with van der Waals surface area (Å²) in [6.07, 6.45) is 0. The molecule has 1 saturated heterocycles. The van der Waals surface area contributed by atoms with Crippen molar-refractivity contribution in [2.45, 2.75) is 0 Å². The van der Waals surface area contributed by atoms with Gasteiger partial charge in [-0.25, -0.2) is 0 Å². The Kier molecular flexibility index (Phi) is 5.34. The molecule has 1 aliphatic heterocycles. The molecule has 0 aliphatic carbocycles. The van der Waals surface area contributed by atoms with Crippen LogP contribution in [0.25, 0.3) is 0 Å². The largest absolute Gasteiger partial charge is 0.389 e. The molecule has 1 fully saturated rings. The van der Waals surface area contributed by atoms with Crippen LogP contribution in [-0.4, -0.2) is 68.2 Å². The van der Waals surface area contributed by atoms with Crippen LogP contribution in [0.4, 0.5) is 5.69 Å². The number of benzene rings is 1. The number of piperazine rings is 1. The first-order valence-electron chi connectivity index (χ1n) is 7.08. The second-order valence-corrected chi connectivity index (χ2v) is 5.92. The van der Waals surface area contributed by atoms with Crippen LogP contribution >= 0.6 is 12.2 Å². The van der Waals surface area contributed by atoms with Gasteiger partial charge in [0.15, 0.2) is 0 Å². The number of likely N-dealkylation sites (N-methyl/N-ethyl adjacent to an activating group) is 2. The van der Waals surface area contributed by atoms with Crippen LogP contribution in [0.1, 0.15) is 5.56 Å². The summed E-state index contributed by atoms with van der Waals surface area (Å²) >= 11 is 5.03. The summed E-state index contributed by atoms with van der Waals surface area (Å²) in [6, 6.07) is 8.13. The van der Waals surface area contributed by atoms with Crippen molar-refractivity contribution in [3.8, 4) is 0 Å². The molecule has 0 radical (unpaired) electrons. The van der Waals surface area contributed by atoms with E-state index < -0.39 is 0 Å². The Labute approximate surface area is 127 Å². The number of rotatable bonds is 5. The van der Waals surface area contributed by atoms with Crippen LogP contribution in [-0.2, 0) is 0 Å². The lowest BCUT2D eigenvalue weighted by atomic mass is 10.2. The van der Waals surface area contributed by atoms with Crippen molar-refractivity contribution in [2.75, 3.05) is 58.3 Å². The van der Waals surface area contributed by atoms with E-state index in [-0.39, 0.29) is 0 Å². The Morgan fingerprint density at radius 2 is 2.00 bits per heavy atom. The first-order chi connectivity index (χ1) is 9.56. The number of thiocarbonyl (C=S) groups is 1. The molecule has 0 atom stereocenters. The molecule has 1 aromatic carbocycles. The molecule has 0 bridgehead atoms. The number of hydrogen-bond acceptors (Lipinski definition) is 4. The van der Waals surface area contributed by atoms with Crippen molar-refractivity contribution in [3.63, 3.8) is 0 Å². The van der Waals surface area contributed by atoms with Gasteiger partial charge in [0.2, 0.25) is 0 Å². The highest BCUT2D eigenvalue weighted by Gasteiger charge is 2.14. The third-order valence-corrected chi connectivity index (χ3v) is 4.15. The summed E-state index contributed by atoms with van der Waals surface area (Å²) in [5.41, 5.74) is 7.79. The lowest BCUT2D eigenvalue weighted by Gasteiger charge is -2.33. The van der Waals surface area contributed by atoms with E-state index in [0.717, 1.165) is 31.7 Å². The van der Waals surface area contributed by atoms with Crippen LogP contribution in [0.15, 0.2) is 24.3 Å². The fourth-order valence-electron chi connectivity index (χ4n) is 2.39. The topological polar surface area (TPSA) is 35.7 Å². The fraction of sp³-hybridized carbons (Fsp3) is 0.533. The summed E-state index contributed by atoms with van der Waals surface area (Å²) in [5, 5.41) is 0. The molecule has 5 heteroatoms. The van der Waals surface area contributed by atoms with E-state index in [1.165, 1.54) is 18.8 Å². The Morgan fingerprint density at radius 3 is 2.65 bits per heavy atom. The summed E-state index contributed by atoms with van der Waals surface area (Å²) in [5.74, 6) is 0. The Hall–Kier alpha value is -1.17. The Bertz CT molecular complexity index is 455. The van der Waals surface area contributed by atoms with Crippen molar-refractivity contribution in [1.82, 2.24) is 9.80 Å². The normalized spacial score (nSPS) is 17.1. The molecule has 4 nitrogen and oxygen atoms in total. The van der Waals surface area contributed by atoms with Gasteiger partial charge in [0, 0.05) is 57.6 Å². The highest BCUT2D eigenvalue weighted by Crippen LogP contribution is 2.15. The van der Waals surface area contributed by atoms with Crippen molar-refractivity contribution in [2.24, 2.45) is 5.73 Å². The number of nitrogens with zero attached hydrogens (tertiary/aromatic N) is 3. The van der Waals surface area contributed by atoms with Gasteiger partial charge in [-0.2, -0.15) is 0 Å². The van der Waals surface area contributed by atoms with Crippen LogP contribution in [0.5, 0.6) is 0 Å². The van der Waals surface area contributed by atoms with E-state index in [2.05, 4.69) is 40.9 Å². The average molecular weight is 292 g/mol. The smallest absolute Gasteiger partial charge is 0.104 e. The summed E-state index contributed by atoms with van der Waals surface area (Å²) < 4.78 is 0. The molecule has 0 spiro atoms. The summed E-state index contributed by atoms with van der Waals surface area (Å²) in [6.45, 7) is 6.78. The number of hydrogen-bond donors (Lipinski definition) is 1. The summed E-state index contributed by atoms with van der Waals surface area (Å²) in [7, 11) is 4.30. The van der Waals surface area contributed by atoms with Crippen molar-refractivity contribution >= 4 is 22.9 Å². The second-order valence-electron chi connectivity index (χ2n) is 5.48. The van der Waals surface area contributed by atoms with Crippen LogP contribution in [0.3, 0.4) is 0 Å². The average Bonchev–Trinajstić information content (AvgIpc) is 2.46. The molecule has 0 amide bonds. The number of nitrogens with two attached hydrogens (primary N) is 1. The molecular formula is C15H24N4S. The maximum atomic E-state index is 5.69. The van der Waals surface area contributed by atoms with E-state index in [1.807, 2.05) is 12.1 Å². The van der Waals surface area contributed by atoms with Crippen molar-refractivity contribution in [3.05, 3.63) is 29.8 Å². The van der Waals surface area contributed by atoms with Gasteiger partial charge < -0.3 is 15.5 Å². The zero-order chi connectivity index (χ0) is 14.5. The minimum absolute atomic E-state index is 0.458. The van der Waals surface area contributed by atoms with Crippen molar-refractivity contribution in [1.29, 1.82) is 0 Å². The highest BCUT2D eigenvalue weighted by molar-refractivity contribution is 7.80. The molecule has 0 unspecified atom stereocenters. The third-order valence-electron chi connectivity index (χ3n) is 3.92. The standard InChI is InChI=1S/C15H24N4S/c1-17-6-9-19(10-7-17)11-8-18(2)14-5-3-4-13(12-14)15(16)20/h3-5,12H,6-11H2,1-2H3,(H2,16,20). The molecule has 0 saturated carbocycles. The second kappa shape index (κ2) is 7.02. The van der Waals surface area contributed by atoms with Gasteiger partial charge in [0.1, 0.15) is 4.99 Å². The van der Waals surface area contributed by atoms with Gasteiger partial charge in [0.25, 0.3) is 0 Å². The van der Waals surface area contributed by atoms with Gasteiger partial charge in [-0.1, -0.05) is 24.4 Å². The van der Waals surface area contributed by atoms with E-state index >= 15 is 0 Å². The Balaban J connectivity index is 1.86. The highest BCUT2D eigenvalue weighted by atomic mass is 32.1. The lowest BCUT2D eigenvalue weighted by Crippen LogP contribution is -2.46. The molecule has 110 valence electrons. The molecule has 0 aromatic heterocycles. The molecule has 1 heterocycles. The van der Waals surface area contributed by atoms with Gasteiger partial charge >= 0.3 is 0 Å². The van der Waals surface area contributed by atoms with E-state index in [0.29, 0.717) is 4.99 Å². The monoisotopic (exact) mass is 292 g/mol. The first kappa shape index (κ1) is 15.2. The zero-order valence-electron chi connectivity index (χ0n) is 12.4. The minimum Gasteiger partial charge on any atom is -0.389 e. The fourth-order valence-corrected chi connectivity index (χ4v) is 2.52. The molecule has 1 aromatic rings. The maximum absolute atomic E-state index is 5.69. The molecular weight excluding hydrogens is 268 g/mol. The number of anilines is 1. The van der Waals surface area contributed by atoms with Crippen LogP contribution in [0, 0.1) is 0 Å². The summed E-state index contributed by atoms with van der Waals surface area (Å²) in [4.78, 5) is 7.62. The molecule has 2 N–H and O–H groups in total. The van der Waals surface area contributed by atoms with Crippen LogP contribution < -0.4 is 10.6 Å². The first-order valence-corrected chi connectivity index (χ1v) is 7.49. The molecule has 20 heavy (non-hydrogen) atoms. The SMILES string of the molecule is CN1CCN(CCN(C)c2cccc(C(N)=S)c2)CC1. The predicted molar refractivity (Wildman–Crippen MR) is 89.5 cm³/mol. The van der Waals surface area contributed by atoms with E-state index in [9.17, 15) is 0 Å². The molecule has 2 rings (SSSR count).